The molecule has 3 fully saturated rings. The fourth-order valence-electron chi connectivity index (χ4n) is 5.42. The van der Waals surface area contributed by atoms with Crippen molar-refractivity contribution in [3.05, 3.63) is 35.9 Å². The van der Waals surface area contributed by atoms with Crippen molar-refractivity contribution in [3.63, 3.8) is 0 Å². The molecule has 0 bridgehead atoms. The first-order valence-electron chi connectivity index (χ1n) is 11.1. The highest BCUT2D eigenvalue weighted by molar-refractivity contribution is 8.46. The zero-order valence-corrected chi connectivity index (χ0v) is 20.0. The summed E-state index contributed by atoms with van der Waals surface area (Å²) in [7, 11) is -1.07. The maximum Gasteiger partial charge on any atom is 0.330 e. The van der Waals surface area contributed by atoms with E-state index in [4.69, 9.17) is 4.74 Å². The summed E-state index contributed by atoms with van der Waals surface area (Å²) < 4.78 is 4.55. The molecule has 4 atom stereocenters. The van der Waals surface area contributed by atoms with Crippen LogP contribution in [0, 0.1) is 0 Å². The third kappa shape index (κ3) is 3.42. The second-order valence-corrected chi connectivity index (χ2v) is 13.0. The summed E-state index contributed by atoms with van der Waals surface area (Å²) in [5.74, 6) is -1.51. The number of likely N-dealkylation sites (tertiary alicyclic amines) is 1. The predicted molar refractivity (Wildman–Crippen MR) is 123 cm³/mol. The first kappa shape index (κ1) is 23.6. The standard InChI is InChI=1S/C23H31N3O6S/c1-23(2)19(21(30)32-13-15-8-5-4-6-9-15)26-17(28)12-18(26)33(23,14-27)22(31)25-11-7-10-16(25)20(29)24-3/h4-6,8-9,16,18-19,27H,7,10-14H2,1-3H3,(H,24,29)/t16-,18+,19-/m0/s1. The van der Waals surface area contributed by atoms with Gasteiger partial charge in [-0.05, 0) is 32.3 Å². The molecule has 4 rings (SSSR count). The minimum Gasteiger partial charge on any atom is -0.459 e. The molecule has 1 aromatic rings. The Labute approximate surface area is 194 Å². The highest BCUT2D eigenvalue weighted by Gasteiger charge is 2.72. The molecule has 0 saturated carbocycles. The second kappa shape index (κ2) is 8.64. The van der Waals surface area contributed by atoms with E-state index in [1.807, 2.05) is 30.3 Å². The van der Waals surface area contributed by atoms with Crippen molar-refractivity contribution in [2.75, 3.05) is 19.5 Å². The number of β-lactam (4-membered cyclic amide) rings is 1. The molecule has 180 valence electrons. The number of amides is 3. The number of nitrogens with one attached hydrogen (secondary N) is 1. The minimum absolute atomic E-state index is 0.0548. The molecule has 0 aliphatic carbocycles. The maximum absolute atomic E-state index is 14.0. The van der Waals surface area contributed by atoms with Crippen molar-refractivity contribution in [2.45, 2.75) is 61.9 Å². The van der Waals surface area contributed by atoms with Gasteiger partial charge in [0.2, 0.25) is 11.8 Å². The summed E-state index contributed by atoms with van der Waals surface area (Å²) in [6, 6.07) is 7.64. The number of nitrogens with zero attached hydrogens (tertiary/aromatic N) is 2. The molecular weight excluding hydrogens is 446 g/mol. The molecule has 3 aliphatic heterocycles. The van der Waals surface area contributed by atoms with Crippen LogP contribution in [0.5, 0.6) is 0 Å². The van der Waals surface area contributed by atoms with Gasteiger partial charge in [0.1, 0.15) is 18.7 Å². The van der Waals surface area contributed by atoms with Crippen LogP contribution in [0.15, 0.2) is 30.3 Å². The van der Waals surface area contributed by atoms with E-state index in [0.717, 1.165) is 5.56 Å². The van der Waals surface area contributed by atoms with Crippen LogP contribution in [0.2, 0.25) is 0 Å². The molecule has 0 radical (unpaired) electrons. The van der Waals surface area contributed by atoms with Gasteiger partial charge < -0.3 is 25.0 Å². The number of rotatable bonds is 5. The number of carbonyl (C=O) groups excluding carboxylic acids is 4. The quantitative estimate of drug-likeness (QED) is 0.491. The molecule has 3 aliphatic rings. The van der Waals surface area contributed by atoms with E-state index < -0.39 is 44.1 Å². The van der Waals surface area contributed by atoms with Crippen LogP contribution in [0.3, 0.4) is 0 Å². The molecule has 33 heavy (non-hydrogen) atoms. The summed E-state index contributed by atoms with van der Waals surface area (Å²) in [6.07, 6.45) is 1.33. The van der Waals surface area contributed by atoms with E-state index in [1.54, 1.807) is 18.7 Å². The number of benzene rings is 1. The van der Waals surface area contributed by atoms with Crippen LogP contribution in [0.25, 0.3) is 0 Å². The number of esters is 1. The van der Waals surface area contributed by atoms with E-state index >= 15 is 0 Å². The third-order valence-corrected chi connectivity index (χ3v) is 12.0. The highest BCUT2D eigenvalue weighted by Crippen LogP contribution is 2.74. The van der Waals surface area contributed by atoms with Crippen LogP contribution < -0.4 is 5.32 Å². The summed E-state index contributed by atoms with van der Waals surface area (Å²) in [5.41, 5.74) is 0.815. The number of aliphatic hydroxyl groups excluding tert-OH is 1. The van der Waals surface area contributed by atoms with E-state index in [0.29, 0.717) is 19.4 Å². The Balaban J connectivity index is 1.65. The Morgan fingerprint density at radius 3 is 2.55 bits per heavy atom. The van der Waals surface area contributed by atoms with Crippen molar-refractivity contribution in [1.29, 1.82) is 0 Å². The van der Waals surface area contributed by atoms with E-state index in [-0.39, 0.29) is 30.1 Å². The van der Waals surface area contributed by atoms with Crippen LogP contribution in [-0.4, -0.2) is 79.7 Å². The average molecular weight is 478 g/mol. The van der Waals surface area contributed by atoms with Gasteiger partial charge in [-0.25, -0.2) is 4.79 Å². The summed E-state index contributed by atoms with van der Waals surface area (Å²) in [4.78, 5) is 55.3. The van der Waals surface area contributed by atoms with E-state index in [1.165, 1.54) is 11.9 Å². The van der Waals surface area contributed by atoms with Crippen LogP contribution >= 0.6 is 10.0 Å². The molecule has 0 spiro atoms. The Bertz CT molecular complexity index is 970. The molecule has 10 heteroatoms. The lowest BCUT2D eigenvalue weighted by molar-refractivity contribution is -0.162. The number of carbonyl (C=O) groups is 4. The second-order valence-electron chi connectivity index (χ2n) is 9.21. The lowest BCUT2D eigenvalue weighted by Crippen LogP contribution is -2.57. The van der Waals surface area contributed by atoms with Gasteiger partial charge >= 0.3 is 5.97 Å². The first-order valence-corrected chi connectivity index (χ1v) is 13.0. The van der Waals surface area contributed by atoms with E-state index in [2.05, 4.69) is 5.32 Å². The molecule has 1 aromatic carbocycles. The lowest BCUT2D eigenvalue weighted by atomic mass is 9.98. The molecule has 2 N–H and O–H groups in total. The molecule has 3 amide bonds. The van der Waals surface area contributed by atoms with Gasteiger partial charge in [0.15, 0.2) is 0 Å². The van der Waals surface area contributed by atoms with Crippen molar-refractivity contribution in [1.82, 2.24) is 15.1 Å². The normalized spacial score (nSPS) is 29.9. The van der Waals surface area contributed by atoms with Crippen LogP contribution in [0.4, 0.5) is 4.79 Å². The monoisotopic (exact) mass is 477 g/mol. The van der Waals surface area contributed by atoms with Gasteiger partial charge in [0.05, 0.1) is 17.7 Å². The maximum atomic E-state index is 14.0. The number of hydrogen-bond acceptors (Lipinski definition) is 6. The zero-order valence-electron chi connectivity index (χ0n) is 19.2. The van der Waals surface area contributed by atoms with Crippen molar-refractivity contribution in [3.8, 4) is 0 Å². The van der Waals surface area contributed by atoms with Crippen LogP contribution in [0.1, 0.15) is 38.7 Å². The van der Waals surface area contributed by atoms with Gasteiger partial charge in [-0.2, -0.15) is 0 Å². The van der Waals surface area contributed by atoms with Gasteiger partial charge in [0.25, 0.3) is 5.24 Å². The van der Waals surface area contributed by atoms with Gasteiger partial charge in [-0.1, -0.05) is 30.3 Å². The van der Waals surface area contributed by atoms with Crippen molar-refractivity contribution < 1.29 is 29.0 Å². The minimum atomic E-state index is -2.60. The number of aliphatic hydroxyl groups is 1. The topological polar surface area (TPSA) is 116 Å². The van der Waals surface area contributed by atoms with Crippen molar-refractivity contribution >= 4 is 33.1 Å². The first-order chi connectivity index (χ1) is 15.7. The van der Waals surface area contributed by atoms with Crippen LogP contribution in [-0.2, 0) is 25.7 Å². The fraction of sp³-hybridized carbons (Fsp3) is 0.565. The van der Waals surface area contributed by atoms with E-state index in [9.17, 15) is 24.3 Å². The highest BCUT2D eigenvalue weighted by atomic mass is 32.3. The van der Waals surface area contributed by atoms with Gasteiger partial charge in [0, 0.05) is 18.3 Å². The van der Waals surface area contributed by atoms with Gasteiger partial charge in [-0.15, -0.1) is 10.0 Å². The van der Waals surface area contributed by atoms with Gasteiger partial charge in [-0.3, -0.25) is 14.4 Å². The number of ether oxygens (including phenoxy) is 1. The fourth-order valence-corrected chi connectivity index (χ4v) is 9.72. The summed E-state index contributed by atoms with van der Waals surface area (Å²) >= 11 is 0. The number of fused-ring (bicyclic) bond motifs is 1. The zero-order chi connectivity index (χ0) is 24.0. The summed E-state index contributed by atoms with van der Waals surface area (Å²) in [5, 5.41) is 12.4. The molecule has 9 nitrogen and oxygen atoms in total. The Hall–Kier alpha value is -2.59. The molecule has 3 heterocycles. The van der Waals surface area contributed by atoms with Crippen molar-refractivity contribution in [2.24, 2.45) is 0 Å². The number of hydrogen-bond donors (Lipinski definition) is 2. The number of likely N-dealkylation sites (N-methyl/N-ethyl adjacent to an activating group) is 1. The smallest absolute Gasteiger partial charge is 0.330 e. The Morgan fingerprint density at radius 2 is 1.94 bits per heavy atom. The largest absolute Gasteiger partial charge is 0.459 e. The molecule has 0 unspecified atom stereocenters. The Kier molecular flexibility index (Phi) is 6.17. The molecular formula is C23H31N3O6S. The lowest BCUT2D eigenvalue weighted by Gasteiger charge is -2.51. The molecule has 0 aromatic heterocycles. The summed E-state index contributed by atoms with van der Waals surface area (Å²) in [6.45, 7) is 3.99. The third-order valence-electron chi connectivity index (χ3n) is 7.29. The Morgan fingerprint density at radius 1 is 1.24 bits per heavy atom. The predicted octanol–water partition coefficient (Wildman–Crippen LogP) is 1.53. The SMILES string of the molecule is CNC(=O)[C@@H]1CCCN1C(=O)[S@]1(CO)[C@@H]2CC(=O)N2[C@@H](C(=O)OCc2ccccc2)C1(C)C. The average Bonchev–Trinajstić information content (AvgIpc) is 3.35. The molecule has 3 saturated heterocycles.